The number of nitrogens with zero attached hydrogens (tertiary/aromatic N) is 2. The monoisotopic (exact) mass is 297 g/mol. The number of likely N-dealkylation sites (N-methyl/N-ethyl adjacent to an activating group) is 1. The zero-order valence-corrected chi connectivity index (χ0v) is 13.9. The summed E-state index contributed by atoms with van der Waals surface area (Å²) in [5.74, 6) is 0.157. The highest BCUT2D eigenvalue weighted by Gasteiger charge is 2.41. The first kappa shape index (κ1) is 16.7. The largest absolute Gasteiger partial charge is 0.368 e. The molecule has 0 spiro atoms. The Kier molecular flexibility index (Phi) is 6.02. The molecule has 122 valence electrons. The summed E-state index contributed by atoms with van der Waals surface area (Å²) in [5.41, 5.74) is -0.599. The Hall–Kier alpha value is -0.650. The summed E-state index contributed by atoms with van der Waals surface area (Å²) in [7, 11) is 5.80. The maximum Gasteiger partial charge on any atom is 0.254 e. The summed E-state index contributed by atoms with van der Waals surface area (Å²) in [6.07, 6.45) is 6.50. The molecule has 2 heterocycles. The number of likely N-dealkylation sites (tertiary alicyclic amines) is 1. The topological polar surface area (TPSA) is 44.8 Å². The van der Waals surface area contributed by atoms with Crippen molar-refractivity contribution in [2.75, 3.05) is 47.4 Å². The Bertz CT molecular complexity index is 342. The molecule has 1 atom stereocenters. The summed E-state index contributed by atoms with van der Waals surface area (Å²) >= 11 is 0. The molecule has 2 aliphatic heterocycles. The number of rotatable bonds is 5. The van der Waals surface area contributed by atoms with Gasteiger partial charge in [0, 0.05) is 26.7 Å². The molecule has 21 heavy (non-hydrogen) atoms. The third-order valence-electron chi connectivity index (χ3n) is 5.26. The van der Waals surface area contributed by atoms with Crippen LogP contribution in [0, 0.1) is 0 Å². The van der Waals surface area contributed by atoms with Gasteiger partial charge in [-0.3, -0.25) is 4.79 Å². The van der Waals surface area contributed by atoms with E-state index in [1.54, 1.807) is 7.11 Å². The van der Waals surface area contributed by atoms with Crippen molar-refractivity contribution >= 4 is 5.91 Å². The molecule has 1 unspecified atom stereocenters. The standard InChI is InChI=1S/C16H31N3O2/c1-18-12-5-4-6-14(18)7-13-19(2)15(20)16(21-3)8-10-17-11-9-16/h14,17H,4-13H2,1-3H3. The second kappa shape index (κ2) is 7.56. The summed E-state index contributed by atoms with van der Waals surface area (Å²) in [6, 6.07) is 0.625. The molecule has 0 aliphatic carbocycles. The summed E-state index contributed by atoms with van der Waals surface area (Å²) in [4.78, 5) is 17.1. The average Bonchev–Trinajstić information content (AvgIpc) is 2.53. The molecule has 0 radical (unpaired) electrons. The van der Waals surface area contributed by atoms with Crippen molar-refractivity contribution in [1.29, 1.82) is 0 Å². The Morgan fingerprint density at radius 2 is 2.10 bits per heavy atom. The van der Waals surface area contributed by atoms with Crippen LogP contribution in [0.2, 0.25) is 0 Å². The van der Waals surface area contributed by atoms with Crippen LogP contribution in [-0.4, -0.2) is 74.7 Å². The van der Waals surface area contributed by atoms with Gasteiger partial charge in [0.25, 0.3) is 5.91 Å². The molecule has 2 rings (SSSR count). The summed E-state index contributed by atoms with van der Waals surface area (Å²) in [5, 5.41) is 3.30. The molecule has 0 aromatic carbocycles. The van der Waals surface area contributed by atoms with Crippen LogP contribution in [0.4, 0.5) is 0 Å². The second-order valence-electron chi connectivity index (χ2n) is 6.59. The minimum Gasteiger partial charge on any atom is -0.368 e. The van der Waals surface area contributed by atoms with Crippen LogP contribution in [0.15, 0.2) is 0 Å². The molecule has 2 aliphatic rings. The predicted octanol–water partition coefficient (Wildman–Crippen LogP) is 1.09. The molecule has 1 amide bonds. The first-order chi connectivity index (χ1) is 10.1. The number of amides is 1. The van der Waals surface area contributed by atoms with Crippen molar-refractivity contribution in [3.05, 3.63) is 0 Å². The minimum atomic E-state index is -0.599. The fourth-order valence-electron chi connectivity index (χ4n) is 3.64. The highest BCUT2D eigenvalue weighted by atomic mass is 16.5. The molecular formula is C16H31N3O2. The summed E-state index contributed by atoms with van der Waals surface area (Å²) in [6.45, 7) is 3.74. The van der Waals surface area contributed by atoms with Crippen LogP contribution in [-0.2, 0) is 9.53 Å². The molecule has 2 fully saturated rings. The van der Waals surface area contributed by atoms with E-state index in [1.807, 2.05) is 11.9 Å². The van der Waals surface area contributed by atoms with Crippen LogP contribution in [0.1, 0.15) is 38.5 Å². The highest BCUT2D eigenvalue weighted by molar-refractivity contribution is 5.85. The fraction of sp³-hybridized carbons (Fsp3) is 0.938. The number of hydrogen-bond donors (Lipinski definition) is 1. The molecule has 0 aromatic heterocycles. The van der Waals surface area contributed by atoms with E-state index in [2.05, 4.69) is 17.3 Å². The van der Waals surface area contributed by atoms with Gasteiger partial charge in [-0.05, 0) is 58.8 Å². The van der Waals surface area contributed by atoms with Crippen molar-refractivity contribution in [2.45, 2.75) is 50.2 Å². The second-order valence-corrected chi connectivity index (χ2v) is 6.59. The van der Waals surface area contributed by atoms with Crippen molar-refractivity contribution < 1.29 is 9.53 Å². The van der Waals surface area contributed by atoms with E-state index < -0.39 is 5.60 Å². The first-order valence-electron chi connectivity index (χ1n) is 8.31. The number of hydrogen-bond acceptors (Lipinski definition) is 4. The SMILES string of the molecule is COC1(C(=O)N(C)CCC2CCCCN2C)CCNCC1. The molecule has 5 heteroatoms. The molecule has 5 nitrogen and oxygen atoms in total. The van der Waals surface area contributed by atoms with Crippen molar-refractivity contribution in [2.24, 2.45) is 0 Å². The van der Waals surface area contributed by atoms with Gasteiger partial charge >= 0.3 is 0 Å². The molecular weight excluding hydrogens is 266 g/mol. The average molecular weight is 297 g/mol. The lowest BCUT2D eigenvalue weighted by molar-refractivity contribution is -0.157. The number of ether oxygens (including phenoxy) is 1. The van der Waals surface area contributed by atoms with Crippen LogP contribution in [0.25, 0.3) is 0 Å². The first-order valence-corrected chi connectivity index (χ1v) is 8.31. The third kappa shape index (κ3) is 3.96. The van der Waals surface area contributed by atoms with Gasteiger partial charge in [-0.25, -0.2) is 0 Å². The van der Waals surface area contributed by atoms with Gasteiger partial charge in [-0.15, -0.1) is 0 Å². The Morgan fingerprint density at radius 1 is 1.38 bits per heavy atom. The maximum atomic E-state index is 12.8. The lowest BCUT2D eigenvalue weighted by Crippen LogP contribution is -2.55. The number of carbonyl (C=O) groups is 1. The van der Waals surface area contributed by atoms with E-state index in [4.69, 9.17) is 4.74 Å². The van der Waals surface area contributed by atoms with Gasteiger partial charge in [0.1, 0.15) is 5.60 Å². The van der Waals surface area contributed by atoms with Crippen molar-refractivity contribution in [1.82, 2.24) is 15.1 Å². The number of nitrogens with one attached hydrogen (secondary N) is 1. The lowest BCUT2D eigenvalue weighted by atomic mass is 9.90. The van der Waals surface area contributed by atoms with Crippen LogP contribution >= 0.6 is 0 Å². The predicted molar refractivity (Wildman–Crippen MR) is 84.4 cm³/mol. The van der Waals surface area contributed by atoms with Gasteiger partial charge in [0.2, 0.25) is 0 Å². The Morgan fingerprint density at radius 3 is 2.71 bits per heavy atom. The Balaban J connectivity index is 1.86. The normalized spacial score (nSPS) is 26.5. The number of carbonyl (C=O) groups excluding carboxylic acids is 1. The van der Waals surface area contributed by atoms with E-state index in [-0.39, 0.29) is 5.91 Å². The van der Waals surface area contributed by atoms with Gasteiger partial charge in [-0.1, -0.05) is 6.42 Å². The van der Waals surface area contributed by atoms with Gasteiger partial charge in [0.15, 0.2) is 0 Å². The lowest BCUT2D eigenvalue weighted by Gasteiger charge is -2.39. The van der Waals surface area contributed by atoms with Gasteiger partial charge in [-0.2, -0.15) is 0 Å². The maximum absolute atomic E-state index is 12.8. The quantitative estimate of drug-likeness (QED) is 0.825. The van der Waals surface area contributed by atoms with E-state index >= 15 is 0 Å². The van der Waals surface area contributed by atoms with E-state index in [0.29, 0.717) is 6.04 Å². The van der Waals surface area contributed by atoms with Gasteiger partial charge in [0.05, 0.1) is 0 Å². The van der Waals surface area contributed by atoms with Crippen LogP contribution < -0.4 is 5.32 Å². The smallest absolute Gasteiger partial charge is 0.254 e. The van der Waals surface area contributed by atoms with E-state index in [0.717, 1.165) is 38.9 Å². The van der Waals surface area contributed by atoms with Crippen molar-refractivity contribution in [3.63, 3.8) is 0 Å². The van der Waals surface area contributed by atoms with Crippen molar-refractivity contribution in [3.8, 4) is 0 Å². The Labute approximate surface area is 129 Å². The molecule has 2 saturated heterocycles. The highest BCUT2D eigenvalue weighted by Crippen LogP contribution is 2.25. The molecule has 0 saturated carbocycles. The fourth-order valence-corrected chi connectivity index (χ4v) is 3.64. The molecule has 0 aromatic rings. The van der Waals surface area contributed by atoms with Gasteiger partial charge < -0.3 is 19.9 Å². The minimum absolute atomic E-state index is 0.157. The van der Waals surface area contributed by atoms with Crippen LogP contribution in [0.5, 0.6) is 0 Å². The molecule has 1 N–H and O–H groups in total. The summed E-state index contributed by atoms with van der Waals surface area (Å²) < 4.78 is 5.63. The number of methoxy groups -OCH3 is 1. The third-order valence-corrected chi connectivity index (χ3v) is 5.26. The van der Waals surface area contributed by atoms with E-state index in [1.165, 1.54) is 25.8 Å². The number of piperidine rings is 2. The molecule has 0 bridgehead atoms. The zero-order chi connectivity index (χ0) is 15.3. The zero-order valence-electron chi connectivity index (χ0n) is 13.9. The van der Waals surface area contributed by atoms with Crippen LogP contribution in [0.3, 0.4) is 0 Å². The van der Waals surface area contributed by atoms with E-state index in [9.17, 15) is 4.79 Å².